The molecule has 0 aliphatic heterocycles. The molecule has 0 bridgehead atoms. The van der Waals surface area contributed by atoms with Crippen molar-refractivity contribution in [2.75, 3.05) is 27.2 Å². The van der Waals surface area contributed by atoms with Crippen molar-refractivity contribution in [2.24, 2.45) is 0 Å². The van der Waals surface area contributed by atoms with Crippen LogP contribution in [0.25, 0.3) is 0 Å². The average Bonchev–Trinajstić information content (AvgIpc) is 2.81. The number of carbonyl (C=O) groups excluding carboxylic acids is 2. The first-order valence-corrected chi connectivity index (χ1v) is 6.49. The van der Waals surface area contributed by atoms with Gasteiger partial charge in [-0.05, 0) is 25.4 Å². The lowest BCUT2D eigenvalue weighted by atomic mass is 10.3. The number of likely N-dealkylation sites (N-methyl/N-ethyl adjacent to an activating group) is 1. The van der Waals surface area contributed by atoms with Crippen LogP contribution < -0.4 is 5.32 Å². The van der Waals surface area contributed by atoms with Crippen molar-refractivity contribution in [3.05, 3.63) is 22.4 Å². The number of carbonyl (C=O) groups is 2. The lowest BCUT2D eigenvalue weighted by Crippen LogP contribution is -2.38. The molecule has 1 rings (SSSR count). The molecule has 5 nitrogen and oxygen atoms in total. The molecule has 1 aromatic rings. The summed E-state index contributed by atoms with van der Waals surface area (Å²) in [6, 6.07) is 3.92. The maximum Gasteiger partial charge on any atom is 0.319 e. The van der Waals surface area contributed by atoms with Gasteiger partial charge in [0, 0.05) is 4.88 Å². The normalized spacial score (nSPS) is 12.2. The molecule has 0 aliphatic rings. The molecule has 0 spiro atoms. The highest BCUT2D eigenvalue weighted by atomic mass is 32.1. The van der Waals surface area contributed by atoms with Crippen LogP contribution in [0.3, 0.4) is 0 Å². The summed E-state index contributed by atoms with van der Waals surface area (Å²) in [6.45, 7) is 2.21. The maximum absolute atomic E-state index is 11.7. The molecule has 0 aromatic carbocycles. The smallest absolute Gasteiger partial charge is 0.319 e. The standard InChI is InChI=1S/C12H18N2O3S/c1-9(10-5-4-6-18-10)13-11(15)7-14(2)8-12(16)17-3/h4-6,9H,7-8H2,1-3H3,(H,13,15). The molecule has 1 aromatic heterocycles. The van der Waals surface area contributed by atoms with E-state index in [9.17, 15) is 9.59 Å². The van der Waals surface area contributed by atoms with Crippen LogP contribution in [0.5, 0.6) is 0 Å². The summed E-state index contributed by atoms with van der Waals surface area (Å²) in [6.07, 6.45) is 0. The number of methoxy groups -OCH3 is 1. The van der Waals surface area contributed by atoms with Gasteiger partial charge in [-0.15, -0.1) is 11.3 Å². The molecule has 1 heterocycles. The minimum atomic E-state index is -0.350. The van der Waals surface area contributed by atoms with Crippen molar-refractivity contribution in [1.29, 1.82) is 0 Å². The summed E-state index contributed by atoms with van der Waals surface area (Å²) in [5, 5.41) is 4.86. The Morgan fingerprint density at radius 1 is 1.50 bits per heavy atom. The van der Waals surface area contributed by atoms with Gasteiger partial charge in [-0.2, -0.15) is 0 Å². The minimum absolute atomic E-state index is 0.0102. The van der Waals surface area contributed by atoms with E-state index in [4.69, 9.17) is 0 Å². The zero-order valence-corrected chi connectivity index (χ0v) is 11.6. The molecule has 0 aliphatic carbocycles. The SMILES string of the molecule is COC(=O)CN(C)CC(=O)NC(C)c1cccs1. The van der Waals surface area contributed by atoms with Crippen LogP contribution in [0.15, 0.2) is 17.5 Å². The quantitative estimate of drug-likeness (QED) is 0.784. The van der Waals surface area contributed by atoms with Crippen molar-refractivity contribution in [2.45, 2.75) is 13.0 Å². The van der Waals surface area contributed by atoms with Gasteiger partial charge < -0.3 is 10.1 Å². The van der Waals surface area contributed by atoms with Crippen molar-refractivity contribution >= 4 is 23.2 Å². The van der Waals surface area contributed by atoms with Crippen LogP contribution in [0.4, 0.5) is 0 Å². The Morgan fingerprint density at radius 3 is 2.78 bits per heavy atom. The Balaban J connectivity index is 2.35. The summed E-state index contributed by atoms with van der Waals surface area (Å²) in [5.74, 6) is -0.459. The summed E-state index contributed by atoms with van der Waals surface area (Å²) in [7, 11) is 3.03. The number of thiophene rings is 1. The fraction of sp³-hybridized carbons (Fsp3) is 0.500. The Morgan fingerprint density at radius 2 is 2.22 bits per heavy atom. The van der Waals surface area contributed by atoms with Gasteiger partial charge in [0.05, 0.1) is 26.2 Å². The van der Waals surface area contributed by atoms with Crippen LogP contribution >= 0.6 is 11.3 Å². The number of amides is 1. The fourth-order valence-electron chi connectivity index (χ4n) is 1.48. The second-order valence-electron chi connectivity index (χ2n) is 4.05. The largest absolute Gasteiger partial charge is 0.468 e. The van der Waals surface area contributed by atoms with Crippen LogP contribution in [-0.4, -0.2) is 44.0 Å². The van der Waals surface area contributed by atoms with Crippen molar-refractivity contribution in [3.63, 3.8) is 0 Å². The highest BCUT2D eigenvalue weighted by molar-refractivity contribution is 7.10. The molecule has 100 valence electrons. The molecule has 1 atom stereocenters. The first-order chi connectivity index (χ1) is 8.52. The maximum atomic E-state index is 11.7. The zero-order valence-electron chi connectivity index (χ0n) is 10.8. The predicted octanol–water partition coefficient (Wildman–Crippen LogP) is 1.03. The Kier molecular flexibility index (Phi) is 5.80. The number of ether oxygens (including phenoxy) is 1. The number of hydrogen-bond donors (Lipinski definition) is 1. The second-order valence-corrected chi connectivity index (χ2v) is 5.03. The van der Waals surface area contributed by atoms with E-state index in [2.05, 4.69) is 10.1 Å². The first kappa shape index (κ1) is 14.7. The Labute approximate surface area is 111 Å². The highest BCUT2D eigenvalue weighted by Gasteiger charge is 2.14. The number of rotatable bonds is 6. The fourth-order valence-corrected chi connectivity index (χ4v) is 2.22. The van der Waals surface area contributed by atoms with Crippen molar-refractivity contribution in [3.8, 4) is 0 Å². The molecule has 1 unspecified atom stereocenters. The van der Waals surface area contributed by atoms with E-state index < -0.39 is 0 Å². The molecule has 6 heteroatoms. The number of esters is 1. The van der Waals surface area contributed by atoms with E-state index in [1.807, 2.05) is 24.4 Å². The Bertz CT molecular complexity index is 392. The van der Waals surface area contributed by atoms with Crippen LogP contribution in [0, 0.1) is 0 Å². The van der Waals surface area contributed by atoms with E-state index >= 15 is 0 Å². The van der Waals surface area contributed by atoms with Gasteiger partial charge in [0.15, 0.2) is 0 Å². The Hall–Kier alpha value is -1.40. The van der Waals surface area contributed by atoms with Crippen molar-refractivity contribution < 1.29 is 14.3 Å². The van der Waals surface area contributed by atoms with Crippen LogP contribution in [0.1, 0.15) is 17.8 Å². The monoisotopic (exact) mass is 270 g/mol. The predicted molar refractivity (Wildman–Crippen MR) is 70.4 cm³/mol. The molecule has 0 saturated carbocycles. The molecule has 18 heavy (non-hydrogen) atoms. The van der Waals surface area contributed by atoms with Gasteiger partial charge in [-0.25, -0.2) is 0 Å². The lowest BCUT2D eigenvalue weighted by Gasteiger charge is -2.17. The lowest BCUT2D eigenvalue weighted by molar-refractivity contribution is -0.141. The van der Waals surface area contributed by atoms with Crippen LogP contribution in [-0.2, 0) is 14.3 Å². The van der Waals surface area contributed by atoms with E-state index in [1.165, 1.54) is 7.11 Å². The molecule has 0 saturated heterocycles. The summed E-state index contributed by atoms with van der Waals surface area (Å²) >= 11 is 1.60. The first-order valence-electron chi connectivity index (χ1n) is 5.61. The molecular weight excluding hydrogens is 252 g/mol. The third-order valence-corrected chi connectivity index (χ3v) is 3.44. The molecular formula is C12H18N2O3S. The molecule has 0 radical (unpaired) electrons. The molecule has 1 N–H and O–H groups in total. The minimum Gasteiger partial charge on any atom is -0.468 e. The number of nitrogens with one attached hydrogen (secondary N) is 1. The van der Waals surface area contributed by atoms with E-state index in [0.29, 0.717) is 0 Å². The van der Waals surface area contributed by atoms with Gasteiger partial charge in [0.25, 0.3) is 0 Å². The van der Waals surface area contributed by atoms with Gasteiger partial charge in [0.2, 0.25) is 5.91 Å². The highest BCUT2D eigenvalue weighted by Crippen LogP contribution is 2.17. The third-order valence-electron chi connectivity index (χ3n) is 2.39. The van der Waals surface area contributed by atoms with Gasteiger partial charge in [0.1, 0.15) is 0 Å². The van der Waals surface area contributed by atoms with Crippen molar-refractivity contribution in [1.82, 2.24) is 10.2 Å². The summed E-state index contributed by atoms with van der Waals surface area (Å²) in [4.78, 5) is 25.5. The topological polar surface area (TPSA) is 58.6 Å². The summed E-state index contributed by atoms with van der Waals surface area (Å²) < 4.78 is 4.53. The average molecular weight is 270 g/mol. The number of hydrogen-bond acceptors (Lipinski definition) is 5. The van der Waals surface area contributed by atoms with Gasteiger partial charge in [-0.3, -0.25) is 14.5 Å². The van der Waals surface area contributed by atoms with E-state index in [1.54, 1.807) is 23.3 Å². The second kappa shape index (κ2) is 7.13. The van der Waals surface area contributed by atoms with Gasteiger partial charge in [-0.1, -0.05) is 6.07 Å². The summed E-state index contributed by atoms with van der Waals surface area (Å²) in [5.41, 5.74) is 0. The van der Waals surface area contributed by atoms with Gasteiger partial charge >= 0.3 is 5.97 Å². The molecule has 0 fully saturated rings. The molecule has 1 amide bonds. The zero-order chi connectivity index (χ0) is 13.5. The van der Waals surface area contributed by atoms with E-state index in [-0.39, 0.29) is 31.0 Å². The van der Waals surface area contributed by atoms with Crippen LogP contribution in [0.2, 0.25) is 0 Å². The third kappa shape index (κ3) is 4.85. The number of nitrogens with zero attached hydrogens (tertiary/aromatic N) is 1. The van der Waals surface area contributed by atoms with E-state index in [0.717, 1.165) is 4.88 Å².